The van der Waals surface area contributed by atoms with E-state index in [4.69, 9.17) is 23.7 Å². The molecule has 0 spiro atoms. The molecule has 0 bridgehead atoms. The van der Waals surface area contributed by atoms with Crippen molar-refractivity contribution in [2.45, 2.75) is 20.0 Å². The average Bonchev–Trinajstić information content (AvgIpc) is 2.79. The molecule has 0 unspecified atom stereocenters. The Kier molecular flexibility index (Phi) is 9.77. The van der Waals surface area contributed by atoms with Gasteiger partial charge in [0.1, 0.15) is 12.4 Å². The highest BCUT2D eigenvalue weighted by molar-refractivity contribution is 5.79. The lowest BCUT2D eigenvalue weighted by molar-refractivity contribution is 0.145. The molecule has 0 aliphatic carbocycles. The zero-order chi connectivity index (χ0) is 22.6. The van der Waals surface area contributed by atoms with Crippen LogP contribution < -0.4 is 29.6 Å². The fourth-order valence-electron chi connectivity index (χ4n) is 3.00. The Bertz CT molecular complexity index is 845. The molecule has 0 radical (unpaired) electrons. The van der Waals surface area contributed by atoms with Crippen LogP contribution in [0.15, 0.2) is 35.3 Å². The van der Waals surface area contributed by atoms with E-state index in [9.17, 15) is 0 Å². The lowest BCUT2D eigenvalue weighted by Crippen LogP contribution is -2.36. The molecule has 0 aromatic heterocycles. The molecule has 170 valence electrons. The Morgan fingerprint density at radius 3 is 2.10 bits per heavy atom. The van der Waals surface area contributed by atoms with Gasteiger partial charge in [0.25, 0.3) is 0 Å². The molecule has 2 N–H and O–H groups in total. The smallest absolute Gasteiger partial charge is 0.203 e. The van der Waals surface area contributed by atoms with Gasteiger partial charge in [-0.3, -0.25) is 4.99 Å². The highest BCUT2D eigenvalue weighted by atomic mass is 16.5. The van der Waals surface area contributed by atoms with E-state index in [1.165, 1.54) is 0 Å². The van der Waals surface area contributed by atoms with Crippen molar-refractivity contribution in [2.75, 3.05) is 48.7 Å². The molecule has 2 rings (SSSR count). The number of hydrogen-bond donors (Lipinski definition) is 2. The van der Waals surface area contributed by atoms with Crippen LogP contribution in [0.25, 0.3) is 0 Å². The molecule has 0 saturated carbocycles. The number of nitrogens with one attached hydrogen (secondary N) is 2. The van der Waals surface area contributed by atoms with Crippen molar-refractivity contribution < 1.29 is 23.7 Å². The number of methoxy groups -OCH3 is 4. The number of nitrogens with zero attached hydrogens (tertiary/aromatic N) is 1. The van der Waals surface area contributed by atoms with E-state index < -0.39 is 0 Å². The molecule has 0 amide bonds. The van der Waals surface area contributed by atoms with Crippen LogP contribution in [0.3, 0.4) is 0 Å². The van der Waals surface area contributed by atoms with Crippen molar-refractivity contribution in [3.05, 3.63) is 47.0 Å². The molecule has 0 fully saturated rings. The molecule has 0 atom stereocenters. The largest absolute Gasteiger partial charge is 0.493 e. The van der Waals surface area contributed by atoms with Crippen LogP contribution in [0.1, 0.15) is 16.7 Å². The minimum atomic E-state index is 0.501. The van der Waals surface area contributed by atoms with Crippen molar-refractivity contribution in [3.8, 4) is 23.0 Å². The van der Waals surface area contributed by atoms with Gasteiger partial charge in [-0.2, -0.15) is 0 Å². The Morgan fingerprint density at radius 2 is 1.52 bits per heavy atom. The number of aryl methyl sites for hydroxylation is 1. The number of rotatable bonds is 11. The zero-order valence-electron chi connectivity index (χ0n) is 19.2. The summed E-state index contributed by atoms with van der Waals surface area (Å²) in [6.45, 7) is 4.18. The van der Waals surface area contributed by atoms with Crippen LogP contribution in [0.2, 0.25) is 0 Å². The summed E-state index contributed by atoms with van der Waals surface area (Å²) in [5.41, 5.74) is 3.15. The van der Waals surface area contributed by atoms with Gasteiger partial charge < -0.3 is 34.3 Å². The first kappa shape index (κ1) is 24.1. The highest BCUT2D eigenvalue weighted by Gasteiger charge is 2.13. The van der Waals surface area contributed by atoms with Crippen LogP contribution in [-0.2, 0) is 17.8 Å². The standard InChI is InChI=1S/C23H33N3O5/c1-16-7-8-18(19(11-16)31-10-9-27-3)15-26-23(24-2)25-14-17-12-20(28-4)22(30-6)21(13-17)29-5/h7-8,11-13H,9-10,14-15H2,1-6H3,(H2,24,25,26). The predicted octanol–water partition coefficient (Wildman–Crippen LogP) is 2.91. The minimum Gasteiger partial charge on any atom is -0.493 e. The second-order valence-corrected chi connectivity index (χ2v) is 6.77. The molecule has 8 heteroatoms. The van der Waals surface area contributed by atoms with Crippen molar-refractivity contribution in [1.29, 1.82) is 0 Å². The summed E-state index contributed by atoms with van der Waals surface area (Å²) in [6.07, 6.45) is 0. The number of guanidine groups is 1. The summed E-state index contributed by atoms with van der Waals surface area (Å²) < 4.78 is 27.2. The van der Waals surface area contributed by atoms with E-state index in [1.54, 1.807) is 35.5 Å². The number of benzene rings is 2. The molecular weight excluding hydrogens is 398 g/mol. The quantitative estimate of drug-likeness (QED) is 0.322. The topological polar surface area (TPSA) is 82.6 Å². The van der Waals surface area contributed by atoms with Crippen molar-refractivity contribution in [2.24, 2.45) is 4.99 Å². The van der Waals surface area contributed by atoms with Gasteiger partial charge in [-0.05, 0) is 36.2 Å². The van der Waals surface area contributed by atoms with E-state index in [0.717, 1.165) is 22.4 Å². The van der Waals surface area contributed by atoms with Gasteiger partial charge in [-0.25, -0.2) is 0 Å². The third kappa shape index (κ3) is 6.96. The molecule has 0 aliphatic heterocycles. The summed E-state index contributed by atoms with van der Waals surface area (Å²) in [4.78, 5) is 4.31. The zero-order valence-corrected chi connectivity index (χ0v) is 19.2. The molecule has 2 aromatic rings. The van der Waals surface area contributed by atoms with Crippen LogP contribution in [-0.4, -0.2) is 54.7 Å². The molecule has 2 aromatic carbocycles. The fraction of sp³-hybridized carbons (Fsp3) is 0.435. The van der Waals surface area contributed by atoms with Crippen LogP contribution >= 0.6 is 0 Å². The van der Waals surface area contributed by atoms with Gasteiger partial charge in [0.2, 0.25) is 5.75 Å². The number of aliphatic imine (C=N–C) groups is 1. The SMILES string of the molecule is CN=C(NCc1cc(OC)c(OC)c(OC)c1)NCc1ccc(C)cc1OCCOC. The summed E-state index contributed by atoms with van der Waals surface area (Å²) >= 11 is 0. The number of hydrogen-bond acceptors (Lipinski definition) is 6. The highest BCUT2D eigenvalue weighted by Crippen LogP contribution is 2.38. The minimum absolute atomic E-state index is 0.501. The monoisotopic (exact) mass is 431 g/mol. The van der Waals surface area contributed by atoms with E-state index in [0.29, 0.717) is 49.5 Å². The van der Waals surface area contributed by atoms with Gasteiger partial charge in [-0.1, -0.05) is 12.1 Å². The average molecular weight is 432 g/mol. The Hall–Kier alpha value is -3.13. The Morgan fingerprint density at radius 1 is 0.839 bits per heavy atom. The van der Waals surface area contributed by atoms with E-state index in [1.807, 2.05) is 25.1 Å². The molecule has 0 aliphatic rings. The molecule has 0 saturated heterocycles. The third-order valence-electron chi connectivity index (χ3n) is 4.62. The van der Waals surface area contributed by atoms with Crippen molar-refractivity contribution >= 4 is 5.96 Å². The second-order valence-electron chi connectivity index (χ2n) is 6.77. The van der Waals surface area contributed by atoms with Crippen molar-refractivity contribution in [3.63, 3.8) is 0 Å². The maximum atomic E-state index is 5.86. The summed E-state index contributed by atoms with van der Waals surface area (Å²) in [7, 11) is 8.18. The van der Waals surface area contributed by atoms with E-state index in [-0.39, 0.29) is 0 Å². The fourth-order valence-corrected chi connectivity index (χ4v) is 3.00. The van der Waals surface area contributed by atoms with Gasteiger partial charge in [0.15, 0.2) is 17.5 Å². The number of ether oxygens (including phenoxy) is 5. The van der Waals surface area contributed by atoms with Gasteiger partial charge in [-0.15, -0.1) is 0 Å². The second kappa shape index (κ2) is 12.5. The molecular formula is C23H33N3O5. The first-order valence-electron chi connectivity index (χ1n) is 10.0. The van der Waals surface area contributed by atoms with Gasteiger partial charge in [0.05, 0.1) is 27.9 Å². The van der Waals surface area contributed by atoms with Crippen molar-refractivity contribution in [1.82, 2.24) is 10.6 Å². The van der Waals surface area contributed by atoms with E-state index >= 15 is 0 Å². The first-order valence-corrected chi connectivity index (χ1v) is 10.0. The molecule has 0 heterocycles. The molecule has 8 nitrogen and oxygen atoms in total. The van der Waals surface area contributed by atoms with Gasteiger partial charge in [0, 0.05) is 32.8 Å². The van der Waals surface area contributed by atoms with Crippen LogP contribution in [0.4, 0.5) is 0 Å². The Labute approximate surface area is 184 Å². The predicted molar refractivity (Wildman–Crippen MR) is 122 cm³/mol. The first-order chi connectivity index (χ1) is 15.1. The maximum absolute atomic E-state index is 5.86. The van der Waals surface area contributed by atoms with Crippen LogP contribution in [0.5, 0.6) is 23.0 Å². The maximum Gasteiger partial charge on any atom is 0.203 e. The normalized spacial score (nSPS) is 11.1. The summed E-state index contributed by atoms with van der Waals surface area (Å²) in [5.74, 6) is 3.29. The van der Waals surface area contributed by atoms with Gasteiger partial charge >= 0.3 is 0 Å². The summed E-state index contributed by atoms with van der Waals surface area (Å²) in [5, 5.41) is 6.63. The lowest BCUT2D eigenvalue weighted by Gasteiger charge is -2.17. The molecule has 31 heavy (non-hydrogen) atoms. The third-order valence-corrected chi connectivity index (χ3v) is 4.62. The van der Waals surface area contributed by atoms with E-state index in [2.05, 4.69) is 27.8 Å². The Balaban J connectivity index is 2.03. The lowest BCUT2D eigenvalue weighted by atomic mass is 10.1. The summed E-state index contributed by atoms with van der Waals surface area (Å²) in [6, 6.07) is 9.95. The van der Waals surface area contributed by atoms with Crippen LogP contribution in [0, 0.1) is 6.92 Å².